The van der Waals surface area contributed by atoms with Crippen molar-refractivity contribution in [2.24, 2.45) is 0 Å². The number of hydrogen-bond donors (Lipinski definition) is 0. The van der Waals surface area contributed by atoms with Gasteiger partial charge >= 0.3 is 5.97 Å². The van der Waals surface area contributed by atoms with Gasteiger partial charge in [-0.15, -0.1) is 0 Å². The highest BCUT2D eigenvalue weighted by Crippen LogP contribution is 2.30. The Morgan fingerprint density at radius 3 is 2.49 bits per heavy atom. The maximum absolute atomic E-state index is 12.1. The maximum Gasteiger partial charge on any atom is 0.339 e. The van der Waals surface area contributed by atoms with Crippen LogP contribution in [0.1, 0.15) is 48.2 Å². The van der Waals surface area contributed by atoms with E-state index in [1.165, 1.54) is 18.4 Å². The zero-order valence-corrected chi connectivity index (χ0v) is 22.3. The minimum Gasteiger partial charge on any atom is -0.462 e. The predicted molar refractivity (Wildman–Crippen MR) is 148 cm³/mol. The molecule has 4 heterocycles. The number of benzene rings is 1. The van der Waals surface area contributed by atoms with E-state index in [1.807, 2.05) is 19.9 Å². The first kappa shape index (κ1) is 25.0. The monoisotopic (exact) mass is 500 g/mol. The van der Waals surface area contributed by atoms with Crippen LogP contribution in [-0.4, -0.2) is 66.3 Å². The van der Waals surface area contributed by atoms with Crippen LogP contribution in [0.4, 0.5) is 17.6 Å². The first-order valence-electron chi connectivity index (χ1n) is 13.3. The Hall–Kier alpha value is -3.68. The molecule has 2 aliphatic heterocycles. The van der Waals surface area contributed by atoms with Crippen molar-refractivity contribution in [3.63, 3.8) is 0 Å². The van der Waals surface area contributed by atoms with Crippen molar-refractivity contribution in [2.75, 3.05) is 54.0 Å². The SMILES string of the molecule is CCOC(=O)c1cnc(N2CCN(c3cc(-c4cccc(C)c4)nc(N4CCCC4C)n3)CC2)c(C)c1. The summed E-state index contributed by atoms with van der Waals surface area (Å²) in [7, 11) is 0. The number of aromatic nitrogens is 3. The molecule has 37 heavy (non-hydrogen) atoms. The summed E-state index contributed by atoms with van der Waals surface area (Å²) < 4.78 is 5.12. The molecule has 0 bridgehead atoms. The first-order chi connectivity index (χ1) is 17.9. The van der Waals surface area contributed by atoms with Crippen LogP contribution in [0.25, 0.3) is 11.3 Å². The molecule has 0 saturated carbocycles. The van der Waals surface area contributed by atoms with E-state index >= 15 is 0 Å². The lowest BCUT2D eigenvalue weighted by atomic mass is 10.1. The minimum absolute atomic E-state index is 0.328. The number of esters is 1. The van der Waals surface area contributed by atoms with Gasteiger partial charge in [-0.3, -0.25) is 0 Å². The molecule has 1 aromatic carbocycles. The standard InChI is InChI=1S/C29H36N6O2/c1-5-37-28(36)24-17-21(3)27(30-19-24)34-14-12-33(13-15-34)26-18-25(23-10-6-8-20(2)16-23)31-29(32-26)35-11-7-9-22(35)4/h6,8,10,16-19,22H,5,7,9,11-15H2,1-4H3. The molecule has 3 aromatic rings. The molecule has 0 amide bonds. The lowest BCUT2D eigenvalue weighted by Gasteiger charge is -2.37. The highest BCUT2D eigenvalue weighted by atomic mass is 16.5. The van der Waals surface area contributed by atoms with Gasteiger partial charge in [-0.2, -0.15) is 4.98 Å². The van der Waals surface area contributed by atoms with Gasteiger partial charge in [0.05, 0.1) is 17.9 Å². The van der Waals surface area contributed by atoms with Gasteiger partial charge < -0.3 is 19.4 Å². The summed E-state index contributed by atoms with van der Waals surface area (Å²) in [6.07, 6.45) is 3.97. The summed E-state index contributed by atoms with van der Waals surface area (Å²) in [6, 6.07) is 13.0. The second-order valence-corrected chi connectivity index (χ2v) is 10.0. The van der Waals surface area contributed by atoms with E-state index in [9.17, 15) is 4.79 Å². The quantitative estimate of drug-likeness (QED) is 0.453. The molecular formula is C29H36N6O2. The molecule has 2 aromatic heterocycles. The first-order valence-corrected chi connectivity index (χ1v) is 13.3. The fraction of sp³-hybridized carbons (Fsp3) is 0.448. The van der Waals surface area contributed by atoms with Crippen LogP contribution in [-0.2, 0) is 4.74 Å². The van der Waals surface area contributed by atoms with Gasteiger partial charge in [-0.25, -0.2) is 14.8 Å². The Bertz CT molecular complexity index is 1270. The molecule has 0 aliphatic carbocycles. The Balaban J connectivity index is 1.37. The zero-order valence-electron chi connectivity index (χ0n) is 22.3. The molecular weight excluding hydrogens is 464 g/mol. The van der Waals surface area contributed by atoms with Crippen molar-refractivity contribution in [1.29, 1.82) is 0 Å². The van der Waals surface area contributed by atoms with Gasteiger partial charge in [0.2, 0.25) is 5.95 Å². The molecule has 1 unspecified atom stereocenters. The normalized spacial score (nSPS) is 17.8. The third-order valence-electron chi connectivity index (χ3n) is 7.29. The molecule has 194 valence electrons. The van der Waals surface area contributed by atoms with Gasteiger partial charge in [0.25, 0.3) is 0 Å². The molecule has 0 spiro atoms. The third-order valence-corrected chi connectivity index (χ3v) is 7.29. The van der Waals surface area contributed by atoms with Crippen molar-refractivity contribution in [2.45, 2.75) is 46.6 Å². The molecule has 2 fully saturated rings. The number of carbonyl (C=O) groups is 1. The van der Waals surface area contributed by atoms with E-state index in [0.717, 1.165) is 67.1 Å². The van der Waals surface area contributed by atoms with E-state index in [-0.39, 0.29) is 5.97 Å². The van der Waals surface area contributed by atoms with Crippen LogP contribution >= 0.6 is 0 Å². The third kappa shape index (κ3) is 5.38. The molecule has 8 heteroatoms. The molecule has 2 saturated heterocycles. The lowest BCUT2D eigenvalue weighted by molar-refractivity contribution is 0.0526. The highest BCUT2D eigenvalue weighted by Gasteiger charge is 2.26. The van der Waals surface area contributed by atoms with Crippen LogP contribution in [0.3, 0.4) is 0 Å². The molecule has 0 radical (unpaired) electrons. The summed E-state index contributed by atoms with van der Waals surface area (Å²) in [4.78, 5) is 33.7. The zero-order chi connectivity index (χ0) is 25.9. The predicted octanol–water partition coefficient (Wildman–Crippen LogP) is 4.65. The van der Waals surface area contributed by atoms with Crippen LogP contribution in [0.15, 0.2) is 42.6 Å². The number of pyridine rings is 1. The molecule has 8 nitrogen and oxygen atoms in total. The lowest BCUT2D eigenvalue weighted by Crippen LogP contribution is -2.47. The number of carbonyl (C=O) groups excluding carboxylic acids is 1. The second-order valence-electron chi connectivity index (χ2n) is 10.0. The van der Waals surface area contributed by atoms with Crippen LogP contribution in [0.2, 0.25) is 0 Å². The number of hydrogen-bond acceptors (Lipinski definition) is 8. The number of piperazine rings is 1. The molecule has 2 aliphatic rings. The Labute approximate surface area is 219 Å². The molecule has 0 N–H and O–H groups in total. The van der Waals surface area contributed by atoms with E-state index in [2.05, 4.69) is 63.9 Å². The van der Waals surface area contributed by atoms with E-state index < -0.39 is 0 Å². The van der Waals surface area contributed by atoms with Gasteiger partial charge in [0.1, 0.15) is 11.6 Å². The smallest absolute Gasteiger partial charge is 0.339 e. The van der Waals surface area contributed by atoms with Crippen molar-refractivity contribution < 1.29 is 9.53 Å². The summed E-state index contributed by atoms with van der Waals surface area (Å²) in [5.74, 6) is 2.39. The van der Waals surface area contributed by atoms with Crippen molar-refractivity contribution in [3.8, 4) is 11.3 Å². The molecule has 5 rings (SSSR count). The summed E-state index contributed by atoms with van der Waals surface area (Å²) in [5.41, 5.74) is 4.79. The number of nitrogens with zero attached hydrogens (tertiary/aromatic N) is 6. The van der Waals surface area contributed by atoms with Gasteiger partial charge in [-0.1, -0.05) is 23.8 Å². The van der Waals surface area contributed by atoms with Gasteiger partial charge in [-0.05, 0) is 58.2 Å². The van der Waals surface area contributed by atoms with E-state index in [4.69, 9.17) is 14.7 Å². The topological polar surface area (TPSA) is 74.7 Å². The Morgan fingerprint density at radius 1 is 1.03 bits per heavy atom. The van der Waals surface area contributed by atoms with Crippen molar-refractivity contribution >= 4 is 23.6 Å². The number of ether oxygens (including phenoxy) is 1. The summed E-state index contributed by atoms with van der Waals surface area (Å²) in [5, 5.41) is 0. The number of aryl methyl sites for hydroxylation is 2. The van der Waals surface area contributed by atoms with E-state index in [1.54, 1.807) is 6.20 Å². The van der Waals surface area contributed by atoms with Gasteiger partial charge in [0.15, 0.2) is 0 Å². The van der Waals surface area contributed by atoms with Crippen LogP contribution in [0.5, 0.6) is 0 Å². The average Bonchev–Trinajstić information content (AvgIpc) is 3.34. The molecule has 1 atom stereocenters. The number of rotatable bonds is 6. The maximum atomic E-state index is 12.1. The number of anilines is 3. The fourth-order valence-electron chi connectivity index (χ4n) is 5.27. The fourth-order valence-corrected chi connectivity index (χ4v) is 5.27. The van der Waals surface area contributed by atoms with Crippen LogP contribution in [0, 0.1) is 13.8 Å². The second kappa shape index (κ2) is 10.7. The highest BCUT2D eigenvalue weighted by molar-refractivity contribution is 5.89. The van der Waals surface area contributed by atoms with Crippen LogP contribution < -0.4 is 14.7 Å². The van der Waals surface area contributed by atoms with Crippen molar-refractivity contribution in [3.05, 3.63) is 59.3 Å². The summed E-state index contributed by atoms with van der Waals surface area (Å²) >= 11 is 0. The largest absolute Gasteiger partial charge is 0.462 e. The Morgan fingerprint density at radius 2 is 1.81 bits per heavy atom. The van der Waals surface area contributed by atoms with Crippen molar-refractivity contribution in [1.82, 2.24) is 15.0 Å². The summed E-state index contributed by atoms with van der Waals surface area (Å²) in [6.45, 7) is 12.9. The van der Waals surface area contributed by atoms with Gasteiger partial charge in [0, 0.05) is 56.6 Å². The average molecular weight is 501 g/mol. The minimum atomic E-state index is -0.328. The Kier molecular flexibility index (Phi) is 7.26. The van der Waals surface area contributed by atoms with E-state index in [0.29, 0.717) is 18.2 Å².